The van der Waals surface area contributed by atoms with E-state index in [0.717, 1.165) is 42.6 Å². The summed E-state index contributed by atoms with van der Waals surface area (Å²) in [5, 5.41) is 3.83. The van der Waals surface area contributed by atoms with E-state index in [0.29, 0.717) is 23.7 Å². The normalized spacial score (nSPS) is 14.8. The van der Waals surface area contributed by atoms with Crippen molar-refractivity contribution in [3.8, 4) is 11.5 Å². The van der Waals surface area contributed by atoms with Gasteiger partial charge in [0, 0.05) is 17.6 Å². The molecule has 1 fully saturated rings. The van der Waals surface area contributed by atoms with Crippen molar-refractivity contribution in [3.63, 3.8) is 0 Å². The summed E-state index contributed by atoms with van der Waals surface area (Å²) in [6, 6.07) is 12.4. The van der Waals surface area contributed by atoms with Gasteiger partial charge in [-0.25, -0.2) is 0 Å². The monoisotopic (exact) mass is 486 g/mol. The van der Waals surface area contributed by atoms with Crippen LogP contribution in [0.3, 0.4) is 0 Å². The topological polar surface area (TPSA) is 67.9 Å². The number of nitrogens with one attached hydrogen (secondary N) is 1. The summed E-state index contributed by atoms with van der Waals surface area (Å²) in [7, 11) is 1.61. The van der Waals surface area contributed by atoms with Gasteiger partial charge in [-0.05, 0) is 67.6 Å². The SMILES string of the molecule is CC[C@H](C(=O)NC1CCCCC1)N(Cc1ccc(OC)cc1)C(=O)COc1ccc(Cl)c(C)c1. The van der Waals surface area contributed by atoms with Crippen molar-refractivity contribution in [1.29, 1.82) is 0 Å². The highest BCUT2D eigenvalue weighted by Gasteiger charge is 2.30. The van der Waals surface area contributed by atoms with Gasteiger partial charge in [0.05, 0.1) is 7.11 Å². The molecule has 0 unspecified atom stereocenters. The second kappa shape index (κ2) is 12.7. The number of rotatable bonds is 10. The second-order valence-corrected chi connectivity index (χ2v) is 9.24. The summed E-state index contributed by atoms with van der Waals surface area (Å²) in [5.74, 6) is 0.970. The van der Waals surface area contributed by atoms with Gasteiger partial charge in [-0.2, -0.15) is 0 Å². The maximum absolute atomic E-state index is 13.4. The smallest absolute Gasteiger partial charge is 0.261 e. The van der Waals surface area contributed by atoms with E-state index in [2.05, 4.69) is 5.32 Å². The summed E-state index contributed by atoms with van der Waals surface area (Å²) in [5.41, 5.74) is 1.79. The Morgan fingerprint density at radius 1 is 1.09 bits per heavy atom. The first-order valence-corrected chi connectivity index (χ1v) is 12.4. The number of benzene rings is 2. The van der Waals surface area contributed by atoms with Crippen molar-refractivity contribution < 1.29 is 19.1 Å². The average molecular weight is 487 g/mol. The molecule has 0 aromatic heterocycles. The molecule has 1 N–H and O–H groups in total. The van der Waals surface area contributed by atoms with Crippen LogP contribution in [-0.4, -0.2) is 42.5 Å². The van der Waals surface area contributed by atoms with Gasteiger partial charge < -0.3 is 19.7 Å². The van der Waals surface area contributed by atoms with Crippen LogP contribution in [0.1, 0.15) is 56.6 Å². The van der Waals surface area contributed by atoms with Crippen LogP contribution in [0.25, 0.3) is 0 Å². The van der Waals surface area contributed by atoms with Crippen LogP contribution in [0.15, 0.2) is 42.5 Å². The molecule has 34 heavy (non-hydrogen) atoms. The summed E-state index contributed by atoms with van der Waals surface area (Å²) in [6.07, 6.45) is 5.98. The molecule has 3 rings (SSSR count). The number of halogens is 1. The Kier molecular flexibility index (Phi) is 9.63. The zero-order valence-corrected chi connectivity index (χ0v) is 21.1. The average Bonchev–Trinajstić information content (AvgIpc) is 2.85. The molecule has 0 spiro atoms. The number of hydrogen-bond donors (Lipinski definition) is 1. The third kappa shape index (κ3) is 7.13. The van der Waals surface area contributed by atoms with Gasteiger partial charge in [0.1, 0.15) is 17.5 Å². The van der Waals surface area contributed by atoms with Gasteiger partial charge >= 0.3 is 0 Å². The Balaban J connectivity index is 1.76. The van der Waals surface area contributed by atoms with Crippen molar-refractivity contribution in [2.24, 2.45) is 0 Å². The fraction of sp³-hybridized carbons (Fsp3) is 0.481. The van der Waals surface area contributed by atoms with Crippen molar-refractivity contribution in [2.45, 2.75) is 71.0 Å². The third-order valence-electron chi connectivity index (χ3n) is 6.34. The number of ether oxygens (including phenoxy) is 2. The molecule has 1 saturated carbocycles. The Bertz CT molecular complexity index is 958. The standard InChI is InChI=1S/C27H35ClN2O4/c1-4-25(27(32)29-21-8-6-5-7-9-21)30(17-20-10-12-22(33-3)13-11-20)26(31)18-34-23-14-15-24(28)19(2)16-23/h10-16,21,25H,4-9,17-18H2,1-3H3,(H,29,32)/t25-/m1/s1. The van der Waals surface area contributed by atoms with Gasteiger partial charge in [0.2, 0.25) is 5.91 Å². The minimum Gasteiger partial charge on any atom is -0.497 e. The molecule has 0 aliphatic heterocycles. The highest BCUT2D eigenvalue weighted by molar-refractivity contribution is 6.31. The molecule has 7 heteroatoms. The Hall–Kier alpha value is -2.73. The van der Waals surface area contributed by atoms with E-state index in [1.807, 2.05) is 38.1 Å². The molecule has 2 aromatic rings. The molecule has 2 aromatic carbocycles. The molecule has 1 aliphatic carbocycles. The van der Waals surface area contributed by atoms with Crippen LogP contribution in [0.2, 0.25) is 5.02 Å². The quantitative estimate of drug-likeness (QED) is 0.495. The van der Waals surface area contributed by atoms with E-state index >= 15 is 0 Å². The van der Waals surface area contributed by atoms with Crippen molar-refractivity contribution in [3.05, 3.63) is 58.6 Å². The van der Waals surface area contributed by atoms with E-state index in [4.69, 9.17) is 21.1 Å². The number of methoxy groups -OCH3 is 1. The lowest BCUT2D eigenvalue weighted by atomic mass is 9.95. The van der Waals surface area contributed by atoms with Gasteiger partial charge in [0.15, 0.2) is 6.61 Å². The predicted molar refractivity (Wildman–Crippen MR) is 134 cm³/mol. The molecular formula is C27H35ClN2O4. The van der Waals surface area contributed by atoms with Gasteiger partial charge in [0.25, 0.3) is 5.91 Å². The van der Waals surface area contributed by atoms with Crippen LogP contribution in [0.5, 0.6) is 11.5 Å². The molecule has 2 amide bonds. The van der Waals surface area contributed by atoms with E-state index < -0.39 is 6.04 Å². The summed E-state index contributed by atoms with van der Waals surface area (Å²) in [4.78, 5) is 28.2. The maximum atomic E-state index is 13.4. The number of carbonyl (C=O) groups excluding carboxylic acids is 2. The third-order valence-corrected chi connectivity index (χ3v) is 6.77. The zero-order chi connectivity index (χ0) is 24.5. The molecule has 1 atom stereocenters. The first kappa shape index (κ1) is 25.9. The number of nitrogens with zero attached hydrogens (tertiary/aromatic N) is 1. The molecule has 184 valence electrons. The summed E-state index contributed by atoms with van der Waals surface area (Å²) in [6.45, 7) is 3.96. The number of aryl methyl sites for hydroxylation is 1. The molecular weight excluding hydrogens is 452 g/mol. The van der Waals surface area contributed by atoms with Gasteiger partial charge in [-0.3, -0.25) is 9.59 Å². The number of hydrogen-bond acceptors (Lipinski definition) is 4. The van der Waals surface area contributed by atoms with Crippen molar-refractivity contribution >= 4 is 23.4 Å². The van der Waals surface area contributed by atoms with Crippen LogP contribution in [0, 0.1) is 6.92 Å². The largest absolute Gasteiger partial charge is 0.497 e. The first-order chi connectivity index (χ1) is 16.4. The lowest BCUT2D eigenvalue weighted by molar-refractivity contribution is -0.143. The van der Waals surface area contributed by atoms with Crippen LogP contribution in [-0.2, 0) is 16.1 Å². The van der Waals surface area contributed by atoms with Crippen molar-refractivity contribution in [1.82, 2.24) is 10.2 Å². The molecule has 0 heterocycles. The van der Waals surface area contributed by atoms with E-state index in [-0.39, 0.29) is 24.5 Å². The minimum atomic E-state index is -0.577. The lowest BCUT2D eigenvalue weighted by Gasteiger charge is -2.32. The molecule has 1 aliphatic rings. The maximum Gasteiger partial charge on any atom is 0.261 e. The van der Waals surface area contributed by atoms with E-state index in [1.54, 1.807) is 30.2 Å². The van der Waals surface area contributed by atoms with Gasteiger partial charge in [-0.1, -0.05) is 49.9 Å². The summed E-state index contributed by atoms with van der Waals surface area (Å²) >= 11 is 6.10. The second-order valence-electron chi connectivity index (χ2n) is 8.84. The molecule has 0 saturated heterocycles. The predicted octanol–water partition coefficient (Wildman–Crippen LogP) is 5.29. The van der Waals surface area contributed by atoms with Crippen LogP contribution >= 0.6 is 11.6 Å². The Labute approximate surface area is 207 Å². The Morgan fingerprint density at radius 3 is 2.38 bits per heavy atom. The highest BCUT2D eigenvalue weighted by atomic mass is 35.5. The molecule has 0 bridgehead atoms. The molecule has 6 nitrogen and oxygen atoms in total. The zero-order valence-electron chi connectivity index (χ0n) is 20.3. The van der Waals surface area contributed by atoms with Crippen molar-refractivity contribution in [2.75, 3.05) is 13.7 Å². The molecule has 0 radical (unpaired) electrons. The number of carbonyl (C=O) groups is 2. The van der Waals surface area contributed by atoms with E-state index in [9.17, 15) is 9.59 Å². The summed E-state index contributed by atoms with van der Waals surface area (Å²) < 4.78 is 11.0. The minimum absolute atomic E-state index is 0.0985. The highest BCUT2D eigenvalue weighted by Crippen LogP contribution is 2.22. The first-order valence-electron chi connectivity index (χ1n) is 12.0. The van der Waals surface area contributed by atoms with Gasteiger partial charge in [-0.15, -0.1) is 0 Å². The Morgan fingerprint density at radius 2 is 1.76 bits per heavy atom. The number of amides is 2. The fourth-order valence-corrected chi connectivity index (χ4v) is 4.44. The lowest BCUT2D eigenvalue weighted by Crippen LogP contribution is -2.52. The fourth-order valence-electron chi connectivity index (χ4n) is 4.33. The van der Waals surface area contributed by atoms with E-state index in [1.165, 1.54) is 6.42 Å². The van der Waals surface area contributed by atoms with Crippen LogP contribution < -0.4 is 14.8 Å². The van der Waals surface area contributed by atoms with Crippen LogP contribution in [0.4, 0.5) is 0 Å².